The van der Waals surface area contributed by atoms with Gasteiger partial charge in [0, 0.05) is 23.4 Å². The third-order valence-electron chi connectivity index (χ3n) is 4.37. The molecule has 5 nitrogen and oxygen atoms in total. The molecule has 146 valence electrons. The Balaban J connectivity index is 1.58. The Morgan fingerprint density at radius 2 is 1.69 bits per heavy atom. The molecule has 0 bridgehead atoms. The van der Waals surface area contributed by atoms with Gasteiger partial charge in [0.1, 0.15) is 18.1 Å². The van der Waals surface area contributed by atoms with Crippen molar-refractivity contribution in [2.75, 3.05) is 13.4 Å². The molecular formula is C23H20N2O3S. The quantitative estimate of drug-likeness (QED) is 0.368. The first-order valence-corrected chi connectivity index (χ1v) is 10.3. The Kier molecular flexibility index (Phi) is 5.81. The molecule has 0 amide bonds. The summed E-state index contributed by atoms with van der Waals surface area (Å²) in [6, 6.07) is 21.7. The molecule has 2 aromatic carbocycles. The van der Waals surface area contributed by atoms with Crippen molar-refractivity contribution < 1.29 is 13.9 Å². The van der Waals surface area contributed by atoms with Crippen molar-refractivity contribution in [3.8, 4) is 34.2 Å². The fourth-order valence-corrected chi connectivity index (χ4v) is 3.21. The van der Waals surface area contributed by atoms with Crippen LogP contribution in [0.25, 0.3) is 22.6 Å². The van der Waals surface area contributed by atoms with Crippen LogP contribution in [0, 0.1) is 0 Å². The highest BCUT2D eigenvalue weighted by atomic mass is 32.2. The zero-order valence-corrected chi connectivity index (χ0v) is 17.0. The van der Waals surface area contributed by atoms with Crippen molar-refractivity contribution in [1.29, 1.82) is 0 Å². The molecule has 0 aliphatic heterocycles. The van der Waals surface area contributed by atoms with Crippen LogP contribution in [0.15, 0.2) is 82.6 Å². The van der Waals surface area contributed by atoms with Crippen molar-refractivity contribution >= 4 is 11.8 Å². The van der Waals surface area contributed by atoms with Gasteiger partial charge in [0.15, 0.2) is 5.76 Å². The van der Waals surface area contributed by atoms with Gasteiger partial charge in [-0.1, -0.05) is 42.1 Å². The van der Waals surface area contributed by atoms with Crippen LogP contribution in [0.2, 0.25) is 0 Å². The monoisotopic (exact) mass is 404 g/mol. The van der Waals surface area contributed by atoms with Crippen molar-refractivity contribution in [3.05, 3.63) is 78.5 Å². The maximum Gasteiger partial charge on any atom is 0.256 e. The van der Waals surface area contributed by atoms with Gasteiger partial charge in [0.2, 0.25) is 5.88 Å². The summed E-state index contributed by atoms with van der Waals surface area (Å²) in [5.74, 6) is 2.06. The lowest BCUT2D eigenvalue weighted by Crippen LogP contribution is -1.94. The summed E-state index contributed by atoms with van der Waals surface area (Å²) in [4.78, 5) is 8.89. The van der Waals surface area contributed by atoms with E-state index in [9.17, 15) is 0 Å². The van der Waals surface area contributed by atoms with Gasteiger partial charge in [0.25, 0.3) is 5.22 Å². The SMILES string of the molecule is COc1ccc(-c2nc(SC)oc2-c2ccc(OCc3ccccc3)cc2)cn1. The third kappa shape index (κ3) is 4.43. The maximum atomic E-state index is 5.98. The van der Waals surface area contributed by atoms with E-state index >= 15 is 0 Å². The molecule has 0 radical (unpaired) electrons. The Bertz CT molecular complexity index is 1060. The summed E-state index contributed by atoms with van der Waals surface area (Å²) in [6.45, 7) is 0.530. The minimum absolute atomic E-state index is 0.530. The molecule has 29 heavy (non-hydrogen) atoms. The van der Waals surface area contributed by atoms with E-state index in [2.05, 4.69) is 9.97 Å². The average molecular weight is 404 g/mol. The number of aromatic nitrogens is 2. The number of rotatable bonds is 7. The summed E-state index contributed by atoms with van der Waals surface area (Å²) < 4.78 is 17.0. The van der Waals surface area contributed by atoms with Gasteiger partial charge in [-0.2, -0.15) is 0 Å². The average Bonchev–Trinajstić information content (AvgIpc) is 3.23. The number of benzene rings is 2. The van der Waals surface area contributed by atoms with Crippen molar-refractivity contribution in [1.82, 2.24) is 9.97 Å². The first-order chi connectivity index (χ1) is 14.3. The second-order valence-corrected chi connectivity index (χ2v) is 7.01. The molecule has 0 N–H and O–H groups in total. The van der Waals surface area contributed by atoms with Gasteiger partial charge < -0.3 is 13.9 Å². The maximum absolute atomic E-state index is 5.98. The van der Waals surface area contributed by atoms with E-state index in [1.54, 1.807) is 13.3 Å². The Labute approximate surface area is 173 Å². The molecule has 6 heteroatoms. The number of hydrogen-bond donors (Lipinski definition) is 0. The Hall–Kier alpha value is -3.25. The zero-order chi connectivity index (χ0) is 20.1. The number of ether oxygens (including phenoxy) is 2. The van der Waals surface area contributed by atoms with Crippen LogP contribution in [0.3, 0.4) is 0 Å². The Morgan fingerprint density at radius 1 is 0.931 bits per heavy atom. The number of nitrogens with zero attached hydrogens (tertiary/aromatic N) is 2. The molecule has 0 atom stereocenters. The fourth-order valence-electron chi connectivity index (χ4n) is 2.86. The molecule has 2 aromatic heterocycles. The minimum Gasteiger partial charge on any atom is -0.489 e. The second kappa shape index (κ2) is 8.84. The van der Waals surface area contributed by atoms with Gasteiger partial charge in [-0.05, 0) is 42.2 Å². The Morgan fingerprint density at radius 3 is 2.34 bits per heavy atom. The van der Waals surface area contributed by atoms with Gasteiger partial charge in [-0.15, -0.1) is 0 Å². The predicted octanol–water partition coefficient (Wildman–Crippen LogP) is 5.71. The van der Waals surface area contributed by atoms with Crippen molar-refractivity contribution in [2.45, 2.75) is 11.8 Å². The molecule has 0 unspecified atom stereocenters. The van der Waals surface area contributed by atoms with E-state index in [0.29, 0.717) is 23.5 Å². The minimum atomic E-state index is 0.530. The molecule has 0 spiro atoms. The summed E-state index contributed by atoms with van der Waals surface area (Å²) in [5.41, 5.74) is 3.68. The molecular weight excluding hydrogens is 384 g/mol. The number of pyridine rings is 1. The molecule has 0 saturated carbocycles. The topological polar surface area (TPSA) is 57.4 Å². The third-order valence-corrected chi connectivity index (χ3v) is 4.89. The van der Waals surface area contributed by atoms with Gasteiger partial charge in [-0.25, -0.2) is 9.97 Å². The standard InChI is InChI=1S/C23H20N2O3S/c1-26-20-13-10-18(14-24-20)21-22(28-23(25-21)29-2)17-8-11-19(12-9-17)27-15-16-6-4-3-5-7-16/h3-14H,15H2,1-2H3. The molecule has 2 heterocycles. The lowest BCUT2D eigenvalue weighted by molar-refractivity contribution is 0.306. The van der Waals surface area contributed by atoms with Gasteiger partial charge >= 0.3 is 0 Å². The molecule has 0 aliphatic carbocycles. The normalized spacial score (nSPS) is 10.7. The van der Waals surface area contributed by atoms with Crippen LogP contribution >= 0.6 is 11.8 Å². The largest absolute Gasteiger partial charge is 0.489 e. The molecule has 4 aromatic rings. The highest BCUT2D eigenvalue weighted by Gasteiger charge is 2.17. The number of hydrogen-bond acceptors (Lipinski definition) is 6. The highest BCUT2D eigenvalue weighted by Crippen LogP contribution is 2.35. The number of methoxy groups -OCH3 is 1. The second-order valence-electron chi connectivity index (χ2n) is 6.25. The molecule has 0 saturated heterocycles. The lowest BCUT2D eigenvalue weighted by atomic mass is 10.1. The number of oxazole rings is 1. The first-order valence-electron chi connectivity index (χ1n) is 9.09. The van der Waals surface area contributed by atoms with Crippen LogP contribution in [-0.2, 0) is 6.61 Å². The van der Waals surface area contributed by atoms with Crippen molar-refractivity contribution in [2.24, 2.45) is 0 Å². The van der Waals surface area contributed by atoms with Gasteiger partial charge in [0.05, 0.1) is 7.11 Å². The van der Waals surface area contributed by atoms with Gasteiger partial charge in [-0.3, -0.25) is 0 Å². The van der Waals surface area contributed by atoms with Crippen molar-refractivity contribution in [3.63, 3.8) is 0 Å². The zero-order valence-electron chi connectivity index (χ0n) is 16.2. The summed E-state index contributed by atoms with van der Waals surface area (Å²) >= 11 is 1.46. The fraction of sp³-hybridized carbons (Fsp3) is 0.130. The van der Waals surface area contributed by atoms with Crippen LogP contribution in [-0.4, -0.2) is 23.3 Å². The van der Waals surface area contributed by atoms with E-state index in [0.717, 1.165) is 28.1 Å². The predicted molar refractivity (Wildman–Crippen MR) is 114 cm³/mol. The summed E-state index contributed by atoms with van der Waals surface area (Å²) in [7, 11) is 1.59. The summed E-state index contributed by atoms with van der Waals surface area (Å²) in [5, 5.41) is 0.607. The van der Waals surface area contributed by atoms with Crippen LogP contribution < -0.4 is 9.47 Å². The van der Waals surface area contributed by atoms with E-state index in [1.165, 1.54) is 11.8 Å². The summed E-state index contributed by atoms with van der Waals surface area (Å²) in [6.07, 6.45) is 3.67. The number of thioether (sulfide) groups is 1. The van der Waals surface area contributed by atoms with Crippen LogP contribution in [0.5, 0.6) is 11.6 Å². The van der Waals surface area contributed by atoms with Crippen LogP contribution in [0.1, 0.15) is 5.56 Å². The first kappa shape index (κ1) is 19.1. The van der Waals surface area contributed by atoms with E-state index in [-0.39, 0.29) is 0 Å². The lowest BCUT2D eigenvalue weighted by Gasteiger charge is -2.07. The van der Waals surface area contributed by atoms with Crippen LogP contribution in [0.4, 0.5) is 0 Å². The molecule has 0 fully saturated rings. The van der Waals surface area contributed by atoms with E-state index in [4.69, 9.17) is 13.9 Å². The smallest absolute Gasteiger partial charge is 0.256 e. The molecule has 0 aliphatic rings. The molecule has 4 rings (SSSR count). The van der Waals surface area contributed by atoms with E-state index < -0.39 is 0 Å². The van der Waals surface area contributed by atoms with E-state index in [1.807, 2.05) is 73.0 Å². The highest BCUT2D eigenvalue weighted by molar-refractivity contribution is 7.98.